The molecule has 0 radical (unpaired) electrons. The minimum atomic E-state index is -0.206. The first-order valence-electron chi connectivity index (χ1n) is 20.5. The van der Waals surface area contributed by atoms with Crippen molar-refractivity contribution in [1.29, 1.82) is 0 Å². The SMILES string of the molecule is CC1(C)c2ccccc2-c2c1c1c(c3c2c2ccccc2n3-c2cccc(-c3cc(-c4ccccc4)nc(-c4ccccc4)n3)c2)-c2ccccc2C1c1ccccc1. The van der Waals surface area contributed by atoms with Crippen molar-refractivity contribution < 1.29 is 0 Å². The van der Waals surface area contributed by atoms with Crippen LogP contribution in [0.2, 0.25) is 0 Å². The summed E-state index contributed by atoms with van der Waals surface area (Å²) in [5.41, 5.74) is 20.5. The Morgan fingerprint density at radius 3 is 1.90 bits per heavy atom. The molecular weight excluding hydrogens is 715 g/mol. The normalized spacial score (nSPS) is 14.6. The second kappa shape index (κ2) is 12.8. The summed E-state index contributed by atoms with van der Waals surface area (Å²) >= 11 is 0. The Morgan fingerprint density at radius 2 is 1.12 bits per heavy atom. The molecule has 59 heavy (non-hydrogen) atoms. The molecule has 2 aliphatic rings. The van der Waals surface area contributed by atoms with E-state index in [9.17, 15) is 0 Å². The van der Waals surface area contributed by atoms with Gasteiger partial charge in [0.05, 0.1) is 22.4 Å². The molecule has 0 amide bonds. The van der Waals surface area contributed by atoms with Gasteiger partial charge in [0.15, 0.2) is 5.82 Å². The molecule has 2 aromatic heterocycles. The van der Waals surface area contributed by atoms with Gasteiger partial charge < -0.3 is 4.57 Å². The molecule has 1 unspecified atom stereocenters. The Kier molecular flexibility index (Phi) is 7.34. The Hall–Kier alpha value is -7.36. The van der Waals surface area contributed by atoms with E-state index in [4.69, 9.17) is 9.97 Å². The van der Waals surface area contributed by atoms with Gasteiger partial charge in [0.25, 0.3) is 0 Å². The molecule has 8 aromatic carbocycles. The number of hydrogen-bond donors (Lipinski definition) is 0. The van der Waals surface area contributed by atoms with Gasteiger partial charge in [-0.05, 0) is 68.8 Å². The van der Waals surface area contributed by atoms with Crippen molar-refractivity contribution in [3.05, 3.63) is 222 Å². The number of para-hydroxylation sites is 1. The molecule has 10 aromatic rings. The molecule has 278 valence electrons. The van der Waals surface area contributed by atoms with Gasteiger partial charge in [-0.3, -0.25) is 0 Å². The molecule has 0 aliphatic heterocycles. The van der Waals surface area contributed by atoms with E-state index in [0.29, 0.717) is 5.82 Å². The van der Waals surface area contributed by atoms with Crippen LogP contribution in [0.4, 0.5) is 0 Å². The third-order valence-corrected chi connectivity index (χ3v) is 12.8. The average Bonchev–Trinajstić information content (AvgIpc) is 3.90. The van der Waals surface area contributed by atoms with E-state index in [1.54, 1.807) is 0 Å². The maximum Gasteiger partial charge on any atom is 0.160 e. The van der Waals surface area contributed by atoms with E-state index in [-0.39, 0.29) is 11.3 Å². The van der Waals surface area contributed by atoms with Crippen LogP contribution in [0.25, 0.3) is 83.6 Å². The first kappa shape index (κ1) is 33.7. The quantitative estimate of drug-likeness (QED) is 0.175. The van der Waals surface area contributed by atoms with E-state index in [2.05, 4.69) is 188 Å². The fourth-order valence-corrected chi connectivity index (χ4v) is 10.4. The summed E-state index contributed by atoms with van der Waals surface area (Å²) in [6.45, 7) is 4.87. The highest BCUT2D eigenvalue weighted by Crippen LogP contribution is 2.63. The summed E-state index contributed by atoms with van der Waals surface area (Å²) < 4.78 is 2.54. The fraction of sp³-hybridized carbons (Fsp3) is 0.0714. The van der Waals surface area contributed by atoms with Crippen LogP contribution in [0, 0.1) is 0 Å². The van der Waals surface area contributed by atoms with Gasteiger partial charge in [-0.25, -0.2) is 9.97 Å². The van der Waals surface area contributed by atoms with Crippen LogP contribution in [0.3, 0.4) is 0 Å². The van der Waals surface area contributed by atoms with E-state index in [1.807, 2.05) is 24.3 Å². The predicted octanol–water partition coefficient (Wildman–Crippen LogP) is 14.0. The van der Waals surface area contributed by atoms with Crippen LogP contribution in [0.1, 0.15) is 47.6 Å². The molecule has 3 heteroatoms. The molecule has 0 spiro atoms. The summed E-state index contributed by atoms with van der Waals surface area (Å²) in [6, 6.07) is 70.2. The lowest BCUT2D eigenvalue weighted by Crippen LogP contribution is -2.19. The van der Waals surface area contributed by atoms with Crippen molar-refractivity contribution in [2.24, 2.45) is 0 Å². The average molecular weight is 754 g/mol. The lowest BCUT2D eigenvalue weighted by Gasteiger charge is -2.28. The summed E-state index contributed by atoms with van der Waals surface area (Å²) in [4.78, 5) is 10.3. The van der Waals surface area contributed by atoms with Crippen molar-refractivity contribution in [2.45, 2.75) is 25.2 Å². The number of fused-ring (bicyclic) bond motifs is 12. The van der Waals surface area contributed by atoms with Crippen LogP contribution < -0.4 is 0 Å². The molecule has 1 atom stereocenters. The fourth-order valence-electron chi connectivity index (χ4n) is 10.4. The van der Waals surface area contributed by atoms with Crippen molar-refractivity contribution in [2.75, 3.05) is 0 Å². The number of nitrogens with zero attached hydrogens (tertiary/aromatic N) is 3. The smallest absolute Gasteiger partial charge is 0.160 e. The lowest BCUT2D eigenvalue weighted by molar-refractivity contribution is 0.651. The van der Waals surface area contributed by atoms with E-state index in [1.165, 1.54) is 71.9 Å². The van der Waals surface area contributed by atoms with Crippen molar-refractivity contribution in [3.8, 4) is 61.8 Å². The van der Waals surface area contributed by atoms with Crippen LogP contribution >= 0.6 is 0 Å². The largest absolute Gasteiger partial charge is 0.309 e. The van der Waals surface area contributed by atoms with E-state index < -0.39 is 0 Å². The van der Waals surface area contributed by atoms with Crippen LogP contribution in [0.15, 0.2) is 194 Å². The van der Waals surface area contributed by atoms with Crippen LogP contribution in [-0.2, 0) is 5.41 Å². The monoisotopic (exact) mass is 753 g/mol. The van der Waals surface area contributed by atoms with Gasteiger partial charge >= 0.3 is 0 Å². The molecule has 2 aliphatic carbocycles. The van der Waals surface area contributed by atoms with Crippen LogP contribution in [0.5, 0.6) is 0 Å². The zero-order chi connectivity index (χ0) is 39.2. The molecule has 0 saturated heterocycles. The lowest BCUT2D eigenvalue weighted by atomic mass is 9.75. The minimum absolute atomic E-state index is 0.0979. The summed E-state index contributed by atoms with van der Waals surface area (Å²) in [5, 5.41) is 2.58. The van der Waals surface area contributed by atoms with Crippen molar-refractivity contribution in [1.82, 2.24) is 14.5 Å². The van der Waals surface area contributed by atoms with Gasteiger partial charge in [-0.15, -0.1) is 0 Å². The predicted molar refractivity (Wildman–Crippen MR) is 243 cm³/mol. The second-order valence-corrected chi connectivity index (χ2v) is 16.5. The third kappa shape index (κ3) is 4.95. The molecule has 12 rings (SSSR count). The summed E-state index contributed by atoms with van der Waals surface area (Å²) in [5.74, 6) is 0.809. The molecule has 0 saturated carbocycles. The second-order valence-electron chi connectivity index (χ2n) is 16.5. The standard InChI is InChI=1S/C56H39N3/c1-56(2)44-31-16-14-29-42(44)49-51-43-30-15-17-32-47(43)59(54(51)50-41-28-13-12-27-40(41)48(52(50)53(49)56)36-21-8-4-9-22-36)39-26-18-25-38(33-39)46-34-45(35-19-6-3-7-20-35)57-55(58-46)37-23-10-5-11-24-37/h3-34,48H,1-2H3. The molecule has 0 N–H and O–H groups in total. The Labute approximate surface area is 344 Å². The Bertz CT molecular complexity index is 3230. The van der Waals surface area contributed by atoms with Gasteiger partial charge in [0, 0.05) is 50.0 Å². The Balaban J connectivity index is 1.19. The highest BCUT2D eigenvalue weighted by atomic mass is 15.0. The highest BCUT2D eigenvalue weighted by Gasteiger charge is 2.46. The minimum Gasteiger partial charge on any atom is -0.309 e. The first-order chi connectivity index (χ1) is 29.1. The maximum atomic E-state index is 5.25. The van der Waals surface area contributed by atoms with Crippen LogP contribution in [-0.4, -0.2) is 14.5 Å². The molecule has 3 nitrogen and oxygen atoms in total. The summed E-state index contributed by atoms with van der Waals surface area (Å²) in [6.07, 6.45) is 0. The molecule has 0 fully saturated rings. The first-order valence-corrected chi connectivity index (χ1v) is 20.5. The molecule has 0 bridgehead atoms. The van der Waals surface area contributed by atoms with E-state index in [0.717, 1.165) is 33.8 Å². The van der Waals surface area contributed by atoms with Gasteiger partial charge in [-0.2, -0.15) is 0 Å². The van der Waals surface area contributed by atoms with Gasteiger partial charge in [0.2, 0.25) is 0 Å². The molecule has 2 heterocycles. The zero-order valence-corrected chi connectivity index (χ0v) is 32.9. The summed E-state index contributed by atoms with van der Waals surface area (Å²) in [7, 11) is 0. The zero-order valence-electron chi connectivity index (χ0n) is 32.9. The third-order valence-electron chi connectivity index (χ3n) is 12.8. The molecular formula is C56H39N3. The van der Waals surface area contributed by atoms with E-state index >= 15 is 0 Å². The van der Waals surface area contributed by atoms with Gasteiger partial charge in [-0.1, -0.05) is 184 Å². The number of aromatic nitrogens is 3. The number of hydrogen-bond acceptors (Lipinski definition) is 2. The van der Waals surface area contributed by atoms with Crippen molar-refractivity contribution in [3.63, 3.8) is 0 Å². The maximum absolute atomic E-state index is 5.25. The highest BCUT2D eigenvalue weighted by molar-refractivity contribution is 6.23. The number of rotatable bonds is 5. The van der Waals surface area contributed by atoms with Gasteiger partial charge in [0.1, 0.15) is 0 Å². The topological polar surface area (TPSA) is 30.7 Å². The Morgan fingerprint density at radius 1 is 0.508 bits per heavy atom. The number of benzene rings is 8. The van der Waals surface area contributed by atoms with Crippen molar-refractivity contribution >= 4 is 21.8 Å².